The first-order valence-electron chi connectivity index (χ1n) is 6.85. The first kappa shape index (κ1) is 13.4. The third kappa shape index (κ3) is 3.50. The summed E-state index contributed by atoms with van der Waals surface area (Å²) in [6.45, 7) is 1.96. The minimum atomic E-state index is -0.229. The van der Waals surface area contributed by atoms with Gasteiger partial charge in [-0.15, -0.1) is 5.10 Å². The molecular formula is C14H16N6O. The van der Waals surface area contributed by atoms with Crippen molar-refractivity contribution in [3.8, 4) is 5.69 Å². The number of rotatable bonds is 6. The number of hydrogen-bond acceptors (Lipinski definition) is 5. The van der Waals surface area contributed by atoms with Crippen LogP contribution in [-0.4, -0.2) is 26.6 Å². The van der Waals surface area contributed by atoms with E-state index < -0.39 is 0 Å². The molecule has 1 aliphatic rings. The molecule has 21 heavy (non-hydrogen) atoms. The number of nitrogens with one attached hydrogen (secondary N) is 1. The summed E-state index contributed by atoms with van der Waals surface area (Å²) in [5.74, 6) is -0.00464. The highest BCUT2D eigenvalue weighted by Crippen LogP contribution is 2.32. The Hall–Kier alpha value is -2.57. The summed E-state index contributed by atoms with van der Waals surface area (Å²) in [6.07, 6.45) is 5.43. The van der Waals surface area contributed by atoms with Gasteiger partial charge >= 0.3 is 0 Å². The van der Waals surface area contributed by atoms with E-state index >= 15 is 0 Å². The number of carbonyl (C=O) groups is 1. The van der Waals surface area contributed by atoms with Crippen molar-refractivity contribution < 1.29 is 4.79 Å². The van der Waals surface area contributed by atoms with Gasteiger partial charge in [-0.05, 0) is 38.0 Å². The molecule has 0 atom stereocenters. The molecule has 0 aliphatic carbocycles. The van der Waals surface area contributed by atoms with Gasteiger partial charge in [0.2, 0.25) is 5.91 Å². The molecule has 2 heterocycles. The smallest absolute Gasteiger partial charge is 0.224 e. The first-order chi connectivity index (χ1) is 10.1. The van der Waals surface area contributed by atoms with Crippen LogP contribution < -0.4 is 5.32 Å². The van der Waals surface area contributed by atoms with Crippen LogP contribution in [0.2, 0.25) is 0 Å². The fourth-order valence-electron chi connectivity index (χ4n) is 2.06. The molecular weight excluding hydrogens is 268 g/mol. The summed E-state index contributed by atoms with van der Waals surface area (Å²) in [5.41, 5.74) is 1.38. The maximum atomic E-state index is 11.9. The number of aromatic nitrogens is 3. The van der Waals surface area contributed by atoms with Crippen LogP contribution in [0.5, 0.6) is 0 Å². The molecule has 0 saturated carbocycles. The molecule has 1 aliphatic heterocycles. The molecule has 1 N–H and O–H groups in total. The van der Waals surface area contributed by atoms with Crippen LogP contribution in [0, 0.1) is 0 Å². The van der Waals surface area contributed by atoms with Crippen LogP contribution in [0.15, 0.2) is 46.9 Å². The number of anilines is 1. The predicted octanol–water partition coefficient (Wildman–Crippen LogP) is 2.56. The molecule has 7 nitrogen and oxygen atoms in total. The fourth-order valence-corrected chi connectivity index (χ4v) is 2.06. The standard InChI is InChI=1S/C14H16N6O/c1-14(17-18-14)7-3-6-13(21)16-11-4-2-5-12(10-11)20-9-8-15-19-20/h2,4-5,8-10H,3,6-7H2,1H3,(H,16,21). The second-order valence-corrected chi connectivity index (χ2v) is 5.22. The van der Waals surface area contributed by atoms with E-state index in [2.05, 4.69) is 25.9 Å². The summed E-state index contributed by atoms with van der Waals surface area (Å²) in [6, 6.07) is 7.49. The van der Waals surface area contributed by atoms with Crippen molar-refractivity contribution in [2.24, 2.45) is 10.2 Å². The van der Waals surface area contributed by atoms with Gasteiger partial charge in [-0.25, -0.2) is 4.68 Å². The molecule has 108 valence electrons. The third-order valence-corrected chi connectivity index (χ3v) is 3.31. The number of hydrogen-bond donors (Lipinski definition) is 1. The Balaban J connectivity index is 1.54. The van der Waals surface area contributed by atoms with Gasteiger partial charge in [-0.2, -0.15) is 10.2 Å². The SMILES string of the molecule is CC1(CCCC(=O)Nc2cccc(-n3ccnn3)c2)N=N1. The summed E-state index contributed by atoms with van der Waals surface area (Å²) < 4.78 is 1.65. The van der Waals surface area contributed by atoms with Crippen molar-refractivity contribution in [1.29, 1.82) is 0 Å². The molecule has 0 radical (unpaired) electrons. The Morgan fingerprint density at radius 2 is 2.24 bits per heavy atom. The van der Waals surface area contributed by atoms with Crippen molar-refractivity contribution >= 4 is 11.6 Å². The van der Waals surface area contributed by atoms with Gasteiger partial charge in [0, 0.05) is 12.1 Å². The minimum absolute atomic E-state index is 0.00464. The van der Waals surface area contributed by atoms with Crippen molar-refractivity contribution in [2.45, 2.75) is 31.8 Å². The summed E-state index contributed by atoms with van der Waals surface area (Å²) in [7, 11) is 0. The topological polar surface area (TPSA) is 84.5 Å². The monoisotopic (exact) mass is 284 g/mol. The molecule has 7 heteroatoms. The van der Waals surface area contributed by atoms with Gasteiger partial charge in [-0.3, -0.25) is 4.79 Å². The summed E-state index contributed by atoms with van der Waals surface area (Å²) in [4.78, 5) is 11.9. The van der Waals surface area contributed by atoms with E-state index in [1.807, 2.05) is 31.2 Å². The van der Waals surface area contributed by atoms with Gasteiger partial charge in [0.25, 0.3) is 0 Å². The lowest BCUT2D eigenvalue weighted by atomic mass is 10.1. The minimum Gasteiger partial charge on any atom is -0.326 e. The van der Waals surface area contributed by atoms with Crippen LogP contribution >= 0.6 is 0 Å². The van der Waals surface area contributed by atoms with Gasteiger partial charge in [0.1, 0.15) is 0 Å². The molecule has 0 bridgehead atoms. The van der Waals surface area contributed by atoms with Crippen LogP contribution in [0.4, 0.5) is 5.69 Å². The van der Waals surface area contributed by atoms with Crippen molar-refractivity contribution in [3.05, 3.63) is 36.7 Å². The van der Waals surface area contributed by atoms with Crippen LogP contribution in [0.1, 0.15) is 26.2 Å². The lowest BCUT2D eigenvalue weighted by Crippen LogP contribution is -2.13. The highest BCUT2D eigenvalue weighted by molar-refractivity contribution is 5.90. The van der Waals surface area contributed by atoms with Crippen molar-refractivity contribution in [3.63, 3.8) is 0 Å². The maximum absolute atomic E-state index is 11.9. The molecule has 1 aromatic carbocycles. The maximum Gasteiger partial charge on any atom is 0.224 e. The normalized spacial score (nSPS) is 14.9. The van der Waals surface area contributed by atoms with Gasteiger partial charge in [-0.1, -0.05) is 11.3 Å². The highest BCUT2D eigenvalue weighted by Gasteiger charge is 2.32. The number of carbonyl (C=O) groups excluding carboxylic acids is 1. The second kappa shape index (κ2) is 5.43. The van der Waals surface area contributed by atoms with Gasteiger partial charge in [0.05, 0.1) is 18.1 Å². The van der Waals surface area contributed by atoms with Gasteiger partial charge in [0.15, 0.2) is 5.66 Å². The predicted molar refractivity (Wildman–Crippen MR) is 77.1 cm³/mol. The molecule has 0 fully saturated rings. The molecule has 1 amide bonds. The Kier molecular flexibility index (Phi) is 3.47. The van der Waals surface area contributed by atoms with Crippen molar-refractivity contribution in [1.82, 2.24) is 15.0 Å². The largest absolute Gasteiger partial charge is 0.326 e. The third-order valence-electron chi connectivity index (χ3n) is 3.31. The lowest BCUT2D eigenvalue weighted by molar-refractivity contribution is -0.116. The van der Waals surface area contributed by atoms with E-state index in [4.69, 9.17) is 0 Å². The van der Waals surface area contributed by atoms with Crippen molar-refractivity contribution in [2.75, 3.05) is 5.32 Å². The molecule has 3 rings (SSSR count). The van der Waals surface area contributed by atoms with E-state index in [-0.39, 0.29) is 11.6 Å². The van der Waals surface area contributed by atoms with Crippen LogP contribution in [-0.2, 0) is 4.79 Å². The first-order valence-corrected chi connectivity index (χ1v) is 6.85. The molecule has 0 unspecified atom stereocenters. The Morgan fingerprint density at radius 3 is 2.95 bits per heavy atom. The average Bonchev–Trinajstić information content (AvgIpc) is 2.99. The number of nitrogens with zero attached hydrogens (tertiary/aromatic N) is 5. The Morgan fingerprint density at radius 1 is 1.38 bits per heavy atom. The highest BCUT2D eigenvalue weighted by atomic mass is 16.1. The van der Waals surface area contributed by atoms with E-state index in [1.165, 1.54) is 0 Å². The van der Waals surface area contributed by atoms with E-state index in [0.717, 1.165) is 24.2 Å². The quantitative estimate of drug-likeness (QED) is 0.884. The van der Waals surface area contributed by atoms with Crippen LogP contribution in [0.25, 0.3) is 5.69 Å². The zero-order valence-electron chi connectivity index (χ0n) is 11.7. The number of benzene rings is 1. The Bertz CT molecular complexity index is 658. The molecule has 1 aromatic heterocycles. The summed E-state index contributed by atoms with van der Waals surface area (Å²) in [5, 5.41) is 18.4. The number of amides is 1. The zero-order chi connectivity index (χ0) is 14.7. The molecule has 0 saturated heterocycles. The second-order valence-electron chi connectivity index (χ2n) is 5.22. The fraction of sp³-hybridized carbons (Fsp3) is 0.357. The van der Waals surface area contributed by atoms with Crippen LogP contribution in [0.3, 0.4) is 0 Å². The molecule has 2 aromatic rings. The summed E-state index contributed by atoms with van der Waals surface area (Å²) >= 11 is 0. The Labute approximate surface area is 122 Å². The zero-order valence-corrected chi connectivity index (χ0v) is 11.7. The van der Waals surface area contributed by atoms with Gasteiger partial charge < -0.3 is 5.32 Å². The molecule has 0 spiro atoms. The van der Waals surface area contributed by atoms with E-state index in [0.29, 0.717) is 6.42 Å². The van der Waals surface area contributed by atoms with E-state index in [1.54, 1.807) is 17.1 Å². The average molecular weight is 284 g/mol. The van der Waals surface area contributed by atoms with E-state index in [9.17, 15) is 4.79 Å². The lowest BCUT2D eigenvalue weighted by Gasteiger charge is -2.08.